The first-order valence-electron chi connectivity index (χ1n) is 10.7. The predicted octanol–water partition coefficient (Wildman–Crippen LogP) is 3.82. The zero-order chi connectivity index (χ0) is 21.3. The Kier molecular flexibility index (Phi) is 3.67. The Morgan fingerprint density at radius 3 is 1.94 bits per heavy atom. The van der Waals surface area contributed by atoms with E-state index in [9.17, 15) is 14.4 Å². The zero-order valence-corrected chi connectivity index (χ0v) is 17.1. The van der Waals surface area contributed by atoms with Crippen molar-refractivity contribution in [3.63, 3.8) is 0 Å². The summed E-state index contributed by atoms with van der Waals surface area (Å²) in [5.74, 6) is -1.94. The number of hydrogen-bond donors (Lipinski definition) is 0. The number of benzene rings is 3. The Labute approximate surface area is 180 Å². The van der Waals surface area contributed by atoms with Gasteiger partial charge >= 0.3 is 0 Å². The van der Waals surface area contributed by atoms with E-state index in [2.05, 4.69) is 0 Å². The number of carbonyl (C=O) groups is 3. The molecule has 3 aromatic rings. The number of Topliss-reactive ketones (excluding diaryl/α,β-unsaturated/α-hetero) is 1. The third kappa shape index (κ3) is 2.12. The fourth-order valence-corrected chi connectivity index (χ4v) is 6.35. The number of nitrogens with zero attached hydrogens (tertiary/aromatic N) is 1. The molecule has 1 fully saturated rings. The minimum Gasteiger partial charge on any atom is -0.299 e. The smallest absolute Gasteiger partial charge is 0.235 e. The lowest BCUT2D eigenvalue weighted by Crippen LogP contribution is -2.57. The van der Waals surface area contributed by atoms with Gasteiger partial charge in [0.15, 0.2) is 0 Å². The van der Waals surface area contributed by atoms with Crippen LogP contribution in [-0.4, -0.2) is 22.5 Å². The normalized spacial score (nSPS) is 27.6. The van der Waals surface area contributed by atoms with Crippen LogP contribution in [0.2, 0.25) is 0 Å². The second-order valence-corrected chi connectivity index (χ2v) is 8.77. The summed E-state index contributed by atoms with van der Waals surface area (Å²) in [4.78, 5) is 42.4. The molecule has 152 valence electrons. The lowest BCUT2D eigenvalue weighted by atomic mass is 9.46. The molecule has 0 N–H and O–H groups in total. The summed E-state index contributed by atoms with van der Waals surface area (Å²) in [7, 11) is 0. The summed E-state index contributed by atoms with van der Waals surface area (Å²) >= 11 is 0. The highest BCUT2D eigenvalue weighted by atomic mass is 16.2. The van der Waals surface area contributed by atoms with Gasteiger partial charge in [0.1, 0.15) is 5.78 Å². The van der Waals surface area contributed by atoms with E-state index in [0.717, 1.165) is 27.8 Å². The van der Waals surface area contributed by atoms with Gasteiger partial charge in [0.25, 0.3) is 0 Å². The van der Waals surface area contributed by atoms with Crippen LogP contribution in [0.25, 0.3) is 0 Å². The van der Waals surface area contributed by atoms with Crippen LogP contribution in [0, 0.1) is 11.8 Å². The Morgan fingerprint density at radius 1 is 0.806 bits per heavy atom. The Hall–Kier alpha value is -3.53. The third-order valence-corrected chi connectivity index (χ3v) is 7.45. The maximum absolute atomic E-state index is 13.8. The quantitative estimate of drug-likeness (QED) is 0.620. The van der Waals surface area contributed by atoms with E-state index >= 15 is 0 Å². The SMILES string of the molecule is CC(=O)C12c3ccccc3C(c3ccccc31)[C@@H]1C(=O)N(Cc3ccccc3)C(=O)[C@@H]12. The first-order valence-corrected chi connectivity index (χ1v) is 10.7. The molecule has 0 aromatic heterocycles. The molecule has 2 bridgehead atoms. The Morgan fingerprint density at radius 2 is 1.35 bits per heavy atom. The van der Waals surface area contributed by atoms with E-state index in [1.807, 2.05) is 78.9 Å². The molecule has 1 saturated heterocycles. The van der Waals surface area contributed by atoms with Crippen molar-refractivity contribution in [3.8, 4) is 0 Å². The molecule has 31 heavy (non-hydrogen) atoms. The molecule has 0 saturated carbocycles. The number of carbonyl (C=O) groups excluding carboxylic acids is 3. The zero-order valence-electron chi connectivity index (χ0n) is 17.1. The minimum atomic E-state index is -1.12. The molecule has 1 aliphatic heterocycles. The number of rotatable bonds is 3. The summed E-state index contributed by atoms with van der Waals surface area (Å²) in [5.41, 5.74) is 3.55. The fraction of sp³-hybridized carbons (Fsp3) is 0.222. The topological polar surface area (TPSA) is 54.5 Å². The summed E-state index contributed by atoms with van der Waals surface area (Å²) in [6.07, 6.45) is 0. The maximum Gasteiger partial charge on any atom is 0.235 e. The highest BCUT2D eigenvalue weighted by molar-refractivity contribution is 6.12. The average molecular weight is 407 g/mol. The summed E-state index contributed by atoms with van der Waals surface area (Å²) in [6, 6.07) is 25.3. The first kappa shape index (κ1) is 18.3. The molecular weight excluding hydrogens is 386 g/mol. The van der Waals surface area contributed by atoms with Crippen molar-refractivity contribution in [2.24, 2.45) is 11.8 Å². The van der Waals surface area contributed by atoms with Gasteiger partial charge in [-0.25, -0.2) is 0 Å². The molecule has 4 nitrogen and oxygen atoms in total. The molecule has 4 heteroatoms. The van der Waals surface area contributed by atoms with Crippen molar-refractivity contribution in [3.05, 3.63) is 107 Å². The molecule has 7 rings (SSSR count). The van der Waals surface area contributed by atoms with E-state index in [-0.39, 0.29) is 30.1 Å². The Bertz CT molecular complexity index is 1210. The van der Waals surface area contributed by atoms with Gasteiger partial charge in [-0.05, 0) is 34.7 Å². The lowest BCUT2D eigenvalue weighted by molar-refractivity contribution is -0.142. The average Bonchev–Trinajstić information content (AvgIpc) is 3.05. The van der Waals surface area contributed by atoms with Gasteiger partial charge in [-0.3, -0.25) is 19.3 Å². The highest BCUT2D eigenvalue weighted by Gasteiger charge is 2.69. The van der Waals surface area contributed by atoms with Crippen molar-refractivity contribution >= 4 is 17.6 Å². The molecule has 1 heterocycles. The van der Waals surface area contributed by atoms with Crippen LogP contribution in [0.4, 0.5) is 0 Å². The summed E-state index contributed by atoms with van der Waals surface area (Å²) in [6.45, 7) is 1.80. The van der Waals surface area contributed by atoms with Crippen molar-refractivity contribution < 1.29 is 14.4 Å². The van der Waals surface area contributed by atoms with Gasteiger partial charge in [-0.1, -0.05) is 78.9 Å². The predicted molar refractivity (Wildman–Crippen MR) is 115 cm³/mol. The van der Waals surface area contributed by atoms with Crippen LogP contribution in [0.1, 0.15) is 40.7 Å². The van der Waals surface area contributed by atoms with Crippen LogP contribution < -0.4 is 0 Å². The van der Waals surface area contributed by atoms with Crippen molar-refractivity contribution in [1.29, 1.82) is 0 Å². The summed E-state index contributed by atoms with van der Waals surface area (Å²) in [5, 5.41) is 0. The van der Waals surface area contributed by atoms with Crippen LogP contribution in [0.3, 0.4) is 0 Å². The number of likely N-dealkylation sites (tertiary alicyclic amines) is 1. The minimum absolute atomic E-state index is 0.0803. The van der Waals surface area contributed by atoms with E-state index in [1.165, 1.54) is 4.90 Å². The van der Waals surface area contributed by atoms with Crippen LogP contribution in [0.15, 0.2) is 78.9 Å². The second-order valence-electron chi connectivity index (χ2n) is 8.77. The van der Waals surface area contributed by atoms with Gasteiger partial charge in [0.2, 0.25) is 11.8 Å². The molecule has 0 radical (unpaired) electrons. The van der Waals surface area contributed by atoms with Gasteiger partial charge < -0.3 is 0 Å². The largest absolute Gasteiger partial charge is 0.299 e. The number of ketones is 1. The maximum atomic E-state index is 13.8. The highest BCUT2D eigenvalue weighted by Crippen LogP contribution is 2.64. The summed E-state index contributed by atoms with van der Waals surface area (Å²) < 4.78 is 0. The molecule has 3 aromatic carbocycles. The first-order chi connectivity index (χ1) is 15.1. The van der Waals surface area contributed by atoms with Crippen LogP contribution in [0.5, 0.6) is 0 Å². The van der Waals surface area contributed by atoms with Gasteiger partial charge in [0, 0.05) is 5.92 Å². The third-order valence-electron chi connectivity index (χ3n) is 7.45. The van der Waals surface area contributed by atoms with Crippen LogP contribution >= 0.6 is 0 Å². The lowest BCUT2D eigenvalue weighted by Gasteiger charge is -2.52. The molecule has 0 spiro atoms. The van der Waals surface area contributed by atoms with E-state index in [4.69, 9.17) is 0 Å². The van der Waals surface area contributed by atoms with Gasteiger partial charge in [0.05, 0.1) is 23.8 Å². The number of hydrogen-bond acceptors (Lipinski definition) is 3. The van der Waals surface area contributed by atoms with Crippen molar-refractivity contribution in [1.82, 2.24) is 4.90 Å². The fourth-order valence-electron chi connectivity index (χ4n) is 6.35. The van der Waals surface area contributed by atoms with E-state index in [1.54, 1.807) is 6.92 Å². The number of imide groups is 1. The molecule has 2 amide bonds. The number of amides is 2. The van der Waals surface area contributed by atoms with Crippen LogP contribution in [-0.2, 0) is 26.3 Å². The molecule has 0 unspecified atom stereocenters. The standard InChI is InChI=1S/C27H21NO3/c1-16(29)27-20-13-7-5-11-18(20)22(19-12-6-8-14-21(19)27)23-24(27)26(31)28(25(23)30)15-17-9-3-2-4-10-17/h2-14,22-24H,15H2,1H3/t22?,23-,24+,27?/m0/s1. The van der Waals surface area contributed by atoms with Gasteiger partial charge in [-0.15, -0.1) is 0 Å². The molecule has 4 aliphatic rings. The molecular formula is C27H21NO3. The monoisotopic (exact) mass is 407 g/mol. The van der Waals surface area contributed by atoms with Crippen molar-refractivity contribution in [2.45, 2.75) is 24.8 Å². The van der Waals surface area contributed by atoms with Gasteiger partial charge in [-0.2, -0.15) is 0 Å². The molecule has 2 atom stereocenters. The second kappa shape index (κ2) is 6.24. The van der Waals surface area contributed by atoms with E-state index in [0.29, 0.717) is 0 Å². The molecule has 3 aliphatic carbocycles. The van der Waals surface area contributed by atoms with E-state index < -0.39 is 17.3 Å². The van der Waals surface area contributed by atoms with Crippen molar-refractivity contribution in [2.75, 3.05) is 0 Å². The Balaban J connectivity index is 1.61.